The van der Waals surface area contributed by atoms with Gasteiger partial charge in [0.1, 0.15) is 12.4 Å². The molecular weight excluding hydrogens is 548 g/mol. The zero-order chi connectivity index (χ0) is 23.5. The van der Waals surface area contributed by atoms with E-state index in [1.54, 1.807) is 18.2 Å². The molecule has 6 nitrogen and oxygen atoms in total. The molecule has 0 saturated carbocycles. The third-order valence-electron chi connectivity index (χ3n) is 4.68. The number of ether oxygens (including phenoxy) is 1. The first kappa shape index (κ1) is 23.4. The molecule has 0 aromatic heterocycles. The highest BCUT2D eigenvalue weighted by molar-refractivity contribution is 9.10. The molecule has 1 aliphatic heterocycles. The van der Waals surface area contributed by atoms with Crippen LogP contribution in [-0.4, -0.2) is 15.2 Å². The van der Waals surface area contributed by atoms with Crippen molar-refractivity contribution in [3.8, 4) is 5.75 Å². The zero-order valence-electron chi connectivity index (χ0n) is 16.7. The van der Waals surface area contributed by atoms with E-state index in [1.807, 2.05) is 30.3 Å². The van der Waals surface area contributed by atoms with E-state index in [-0.39, 0.29) is 11.6 Å². The molecule has 10 heteroatoms. The fourth-order valence-electron chi connectivity index (χ4n) is 3.06. The summed E-state index contributed by atoms with van der Waals surface area (Å²) in [5, 5.41) is 11.6. The number of nitrogens with zero attached hydrogens (tertiary/aromatic N) is 2. The van der Waals surface area contributed by atoms with Gasteiger partial charge in [-0.1, -0.05) is 63.6 Å². The molecule has 33 heavy (non-hydrogen) atoms. The number of nitro groups is 1. The van der Waals surface area contributed by atoms with Gasteiger partial charge in [-0.3, -0.25) is 19.8 Å². The number of amides is 1. The lowest BCUT2D eigenvalue weighted by molar-refractivity contribution is -0.384. The number of hydrogen-bond donors (Lipinski definition) is 0. The van der Waals surface area contributed by atoms with Crippen LogP contribution < -0.4 is 9.64 Å². The summed E-state index contributed by atoms with van der Waals surface area (Å²) in [6, 6.07) is 18.6. The van der Waals surface area contributed by atoms with Crippen molar-refractivity contribution in [3.05, 3.63) is 102 Å². The number of anilines is 1. The number of hydrogen-bond acceptors (Lipinski definition) is 6. The Morgan fingerprint density at radius 3 is 2.48 bits per heavy atom. The highest BCUT2D eigenvalue weighted by Gasteiger charge is 2.33. The molecule has 3 aromatic rings. The average molecular weight is 562 g/mol. The molecule has 0 spiro atoms. The van der Waals surface area contributed by atoms with Crippen LogP contribution in [0.1, 0.15) is 11.1 Å². The van der Waals surface area contributed by atoms with Crippen molar-refractivity contribution >= 4 is 79.2 Å². The Morgan fingerprint density at radius 1 is 1.12 bits per heavy atom. The molecule has 0 bridgehead atoms. The van der Waals surface area contributed by atoms with Crippen LogP contribution in [0.4, 0.5) is 11.4 Å². The van der Waals surface area contributed by atoms with Gasteiger partial charge >= 0.3 is 0 Å². The van der Waals surface area contributed by atoms with Crippen molar-refractivity contribution in [2.45, 2.75) is 6.61 Å². The standard InChI is InChI=1S/C23H14BrClN2O4S2/c24-16-3-10-20(31-13-14-1-4-17(25)5-2-14)15(11-16)12-21-22(28)26(23(32)33-21)18-6-8-19(9-7-18)27(29)30/h1-12H,13H2/b21-12-. The highest BCUT2D eigenvalue weighted by Crippen LogP contribution is 2.38. The summed E-state index contributed by atoms with van der Waals surface area (Å²) in [4.78, 5) is 25.3. The summed E-state index contributed by atoms with van der Waals surface area (Å²) in [5.74, 6) is 0.302. The highest BCUT2D eigenvalue weighted by atomic mass is 79.9. The maximum absolute atomic E-state index is 13.1. The summed E-state index contributed by atoms with van der Waals surface area (Å²) < 4.78 is 7.18. The van der Waals surface area contributed by atoms with Gasteiger partial charge in [0.15, 0.2) is 4.32 Å². The van der Waals surface area contributed by atoms with Gasteiger partial charge in [-0.05, 0) is 54.1 Å². The molecule has 1 fully saturated rings. The van der Waals surface area contributed by atoms with Crippen LogP contribution in [-0.2, 0) is 11.4 Å². The van der Waals surface area contributed by atoms with Gasteiger partial charge in [0.2, 0.25) is 0 Å². The lowest BCUT2D eigenvalue weighted by atomic mass is 10.1. The topological polar surface area (TPSA) is 72.7 Å². The third kappa shape index (κ3) is 5.44. The average Bonchev–Trinajstić information content (AvgIpc) is 3.07. The number of halogens is 2. The second-order valence-electron chi connectivity index (χ2n) is 6.89. The van der Waals surface area contributed by atoms with Gasteiger partial charge in [-0.15, -0.1) is 0 Å². The maximum atomic E-state index is 13.1. The lowest BCUT2D eigenvalue weighted by Gasteiger charge is -2.14. The van der Waals surface area contributed by atoms with Crippen molar-refractivity contribution in [2.24, 2.45) is 0 Å². The maximum Gasteiger partial charge on any atom is 0.270 e. The monoisotopic (exact) mass is 560 g/mol. The molecule has 1 amide bonds. The van der Waals surface area contributed by atoms with E-state index < -0.39 is 4.92 Å². The lowest BCUT2D eigenvalue weighted by Crippen LogP contribution is -2.27. The Hall–Kier alpha value is -2.72. The van der Waals surface area contributed by atoms with Gasteiger partial charge in [-0.25, -0.2) is 0 Å². The van der Waals surface area contributed by atoms with Crippen molar-refractivity contribution in [1.29, 1.82) is 0 Å². The Kier molecular flexibility index (Phi) is 7.14. The van der Waals surface area contributed by atoms with Gasteiger partial charge in [0.25, 0.3) is 11.6 Å². The smallest absolute Gasteiger partial charge is 0.270 e. The molecule has 0 radical (unpaired) electrons. The van der Waals surface area contributed by atoms with E-state index in [1.165, 1.54) is 29.2 Å². The molecule has 166 valence electrons. The Balaban J connectivity index is 1.58. The molecule has 1 saturated heterocycles. The predicted octanol–water partition coefficient (Wildman–Crippen LogP) is 7.00. The van der Waals surface area contributed by atoms with Crippen LogP contribution >= 0.6 is 51.5 Å². The van der Waals surface area contributed by atoms with E-state index in [4.69, 9.17) is 28.6 Å². The molecule has 1 heterocycles. The van der Waals surface area contributed by atoms with E-state index in [0.717, 1.165) is 21.8 Å². The molecular formula is C23H14BrClN2O4S2. The Bertz CT molecular complexity index is 1280. The second-order valence-corrected chi connectivity index (χ2v) is 9.92. The van der Waals surface area contributed by atoms with Crippen LogP contribution in [0.2, 0.25) is 5.02 Å². The van der Waals surface area contributed by atoms with E-state index in [2.05, 4.69) is 15.9 Å². The fraction of sp³-hybridized carbons (Fsp3) is 0.0435. The molecule has 0 N–H and O–H groups in total. The van der Waals surface area contributed by atoms with Gasteiger partial charge in [0, 0.05) is 27.2 Å². The fourth-order valence-corrected chi connectivity index (χ4v) is 4.85. The summed E-state index contributed by atoms with van der Waals surface area (Å²) in [5.41, 5.74) is 2.08. The number of nitro benzene ring substituents is 1. The first-order valence-corrected chi connectivity index (χ1v) is 11.9. The molecule has 1 aliphatic rings. The minimum atomic E-state index is -0.493. The molecule has 4 rings (SSSR count). The molecule has 0 unspecified atom stereocenters. The normalized spacial score (nSPS) is 14.7. The van der Waals surface area contributed by atoms with Crippen LogP contribution in [0.3, 0.4) is 0 Å². The van der Waals surface area contributed by atoms with Crippen molar-refractivity contribution in [2.75, 3.05) is 4.90 Å². The minimum absolute atomic E-state index is 0.0589. The minimum Gasteiger partial charge on any atom is -0.488 e. The van der Waals surface area contributed by atoms with Gasteiger partial charge < -0.3 is 4.74 Å². The number of rotatable bonds is 6. The number of non-ortho nitro benzene ring substituents is 1. The predicted molar refractivity (Wildman–Crippen MR) is 139 cm³/mol. The summed E-state index contributed by atoms with van der Waals surface area (Å²) >= 11 is 16.0. The summed E-state index contributed by atoms with van der Waals surface area (Å²) in [6.45, 7) is 0.337. The van der Waals surface area contributed by atoms with Crippen LogP contribution in [0, 0.1) is 10.1 Å². The number of thiocarbonyl (C=S) groups is 1. The molecule has 0 aliphatic carbocycles. The summed E-state index contributed by atoms with van der Waals surface area (Å²) in [6.07, 6.45) is 1.73. The van der Waals surface area contributed by atoms with Crippen LogP contribution in [0.5, 0.6) is 5.75 Å². The largest absolute Gasteiger partial charge is 0.488 e. The second kappa shape index (κ2) is 10.0. The SMILES string of the molecule is O=C1/C(=C/c2cc(Br)ccc2OCc2ccc(Cl)cc2)SC(=S)N1c1ccc([N+](=O)[O-])cc1. The van der Waals surface area contributed by atoms with Crippen LogP contribution in [0.15, 0.2) is 76.1 Å². The first-order chi connectivity index (χ1) is 15.8. The van der Waals surface area contributed by atoms with Gasteiger partial charge in [-0.2, -0.15) is 0 Å². The van der Waals surface area contributed by atoms with Crippen molar-refractivity contribution < 1.29 is 14.5 Å². The van der Waals surface area contributed by atoms with Crippen molar-refractivity contribution in [1.82, 2.24) is 0 Å². The first-order valence-electron chi connectivity index (χ1n) is 9.51. The Labute approximate surface area is 212 Å². The molecule has 0 atom stereocenters. The number of carbonyl (C=O) groups is 1. The van der Waals surface area contributed by atoms with E-state index in [9.17, 15) is 14.9 Å². The number of carbonyl (C=O) groups excluding carboxylic acids is 1. The van der Waals surface area contributed by atoms with Gasteiger partial charge in [0.05, 0.1) is 15.5 Å². The summed E-state index contributed by atoms with van der Waals surface area (Å²) in [7, 11) is 0. The zero-order valence-corrected chi connectivity index (χ0v) is 20.7. The third-order valence-corrected chi connectivity index (χ3v) is 6.73. The number of benzene rings is 3. The molecule has 3 aromatic carbocycles. The van der Waals surface area contributed by atoms with Crippen molar-refractivity contribution in [3.63, 3.8) is 0 Å². The van der Waals surface area contributed by atoms with E-state index in [0.29, 0.717) is 37.9 Å². The quantitative estimate of drug-likeness (QED) is 0.140. The number of thioether (sulfide) groups is 1. The van der Waals surface area contributed by atoms with E-state index >= 15 is 0 Å². The Morgan fingerprint density at radius 2 is 1.82 bits per heavy atom. The van der Waals surface area contributed by atoms with Crippen LogP contribution in [0.25, 0.3) is 6.08 Å².